The second-order valence-electron chi connectivity index (χ2n) is 5.09. The normalized spacial score (nSPS) is 21.5. The Morgan fingerprint density at radius 2 is 2.10 bits per heavy atom. The Morgan fingerprint density at radius 1 is 1.30 bits per heavy atom. The molecule has 0 aliphatic heterocycles. The number of halogens is 1. The van der Waals surface area contributed by atoms with Crippen molar-refractivity contribution >= 4 is 21.9 Å². The zero-order valence-electron chi connectivity index (χ0n) is 10.6. The lowest BCUT2D eigenvalue weighted by atomic mass is 9.78. The fourth-order valence-corrected chi connectivity index (χ4v) is 3.18. The minimum atomic E-state index is -1.25. The van der Waals surface area contributed by atoms with Crippen LogP contribution < -0.4 is 0 Å². The molecule has 0 saturated heterocycles. The molecule has 2 N–H and O–H groups in total. The van der Waals surface area contributed by atoms with E-state index in [9.17, 15) is 9.90 Å². The lowest BCUT2D eigenvalue weighted by Crippen LogP contribution is -2.34. The standard InChI is InChI=1S/C15H13BrO4/c16-11-2-1-10-8-15(19,5-3-9(10)7-11)13-12(14(17)18)4-6-20-13/h1-2,4,6-7,19H,3,5,8H2,(H,17,18). The molecular formula is C15H13BrO4. The summed E-state index contributed by atoms with van der Waals surface area (Å²) in [6.45, 7) is 0. The Hall–Kier alpha value is -1.59. The molecule has 0 fully saturated rings. The van der Waals surface area contributed by atoms with Gasteiger partial charge in [-0.2, -0.15) is 0 Å². The molecule has 0 radical (unpaired) electrons. The molecule has 1 heterocycles. The smallest absolute Gasteiger partial charge is 0.339 e. The highest BCUT2D eigenvalue weighted by Gasteiger charge is 2.39. The van der Waals surface area contributed by atoms with Crippen molar-refractivity contribution in [2.75, 3.05) is 0 Å². The van der Waals surface area contributed by atoms with E-state index < -0.39 is 11.6 Å². The van der Waals surface area contributed by atoms with E-state index in [0.717, 1.165) is 10.0 Å². The van der Waals surface area contributed by atoms with E-state index in [2.05, 4.69) is 15.9 Å². The second-order valence-corrected chi connectivity index (χ2v) is 6.01. The molecule has 5 heteroatoms. The molecule has 1 aromatic heterocycles. The van der Waals surface area contributed by atoms with E-state index in [1.807, 2.05) is 18.2 Å². The number of carbonyl (C=O) groups is 1. The Balaban J connectivity index is 2.01. The molecule has 0 spiro atoms. The van der Waals surface area contributed by atoms with Crippen LogP contribution in [0.5, 0.6) is 0 Å². The van der Waals surface area contributed by atoms with Crippen LogP contribution in [0.2, 0.25) is 0 Å². The summed E-state index contributed by atoms with van der Waals surface area (Å²) >= 11 is 3.43. The first-order valence-corrected chi connectivity index (χ1v) is 7.10. The van der Waals surface area contributed by atoms with Crippen LogP contribution >= 0.6 is 15.9 Å². The lowest BCUT2D eigenvalue weighted by molar-refractivity contribution is -0.000455. The second kappa shape index (κ2) is 4.75. The van der Waals surface area contributed by atoms with Gasteiger partial charge in [-0.25, -0.2) is 4.79 Å². The fraction of sp³-hybridized carbons (Fsp3) is 0.267. The minimum absolute atomic E-state index is 0.0352. The molecule has 1 aromatic carbocycles. The van der Waals surface area contributed by atoms with Crippen LogP contribution in [0.4, 0.5) is 0 Å². The van der Waals surface area contributed by atoms with Gasteiger partial charge < -0.3 is 14.6 Å². The number of carboxylic acids is 1. The van der Waals surface area contributed by atoms with Crippen molar-refractivity contribution in [3.05, 3.63) is 57.5 Å². The Morgan fingerprint density at radius 3 is 2.85 bits per heavy atom. The number of fused-ring (bicyclic) bond motifs is 1. The van der Waals surface area contributed by atoms with E-state index >= 15 is 0 Å². The molecule has 3 rings (SSSR count). The van der Waals surface area contributed by atoms with Crippen LogP contribution in [-0.2, 0) is 18.4 Å². The molecule has 0 saturated carbocycles. The van der Waals surface area contributed by atoms with Crippen LogP contribution in [0.25, 0.3) is 0 Å². The number of aromatic carboxylic acids is 1. The highest BCUT2D eigenvalue weighted by molar-refractivity contribution is 9.10. The molecule has 1 unspecified atom stereocenters. The molecule has 4 nitrogen and oxygen atoms in total. The highest BCUT2D eigenvalue weighted by atomic mass is 79.9. The average molecular weight is 337 g/mol. The summed E-state index contributed by atoms with van der Waals surface area (Å²) in [4.78, 5) is 11.2. The van der Waals surface area contributed by atoms with Crippen molar-refractivity contribution in [1.29, 1.82) is 0 Å². The third-order valence-electron chi connectivity index (χ3n) is 3.78. The molecule has 1 aliphatic rings. The van der Waals surface area contributed by atoms with Crippen LogP contribution in [0.15, 0.2) is 39.4 Å². The highest BCUT2D eigenvalue weighted by Crippen LogP contribution is 2.39. The Labute approximate surface area is 124 Å². The van der Waals surface area contributed by atoms with Crippen molar-refractivity contribution in [1.82, 2.24) is 0 Å². The Bertz CT molecular complexity index is 676. The van der Waals surface area contributed by atoms with E-state index in [4.69, 9.17) is 9.52 Å². The maximum atomic E-state index is 11.2. The molecule has 1 atom stereocenters. The van der Waals surface area contributed by atoms with Gasteiger partial charge in [-0.05, 0) is 42.2 Å². The number of aryl methyl sites for hydroxylation is 1. The first-order chi connectivity index (χ1) is 9.49. The number of aliphatic hydroxyl groups is 1. The molecule has 20 heavy (non-hydrogen) atoms. The van der Waals surface area contributed by atoms with E-state index in [0.29, 0.717) is 19.3 Å². The number of hydrogen-bond acceptors (Lipinski definition) is 3. The largest absolute Gasteiger partial charge is 0.478 e. The third-order valence-corrected chi connectivity index (χ3v) is 4.27. The van der Waals surface area contributed by atoms with Crippen molar-refractivity contribution < 1.29 is 19.4 Å². The van der Waals surface area contributed by atoms with Crippen molar-refractivity contribution in [3.8, 4) is 0 Å². The third kappa shape index (κ3) is 2.17. The average Bonchev–Trinajstić information content (AvgIpc) is 2.89. The van der Waals surface area contributed by atoms with Gasteiger partial charge >= 0.3 is 5.97 Å². The molecule has 0 bridgehead atoms. The maximum absolute atomic E-state index is 11.2. The zero-order chi connectivity index (χ0) is 14.3. The van der Waals surface area contributed by atoms with Crippen molar-refractivity contribution in [2.45, 2.75) is 24.9 Å². The molecule has 1 aliphatic carbocycles. The van der Waals surface area contributed by atoms with Gasteiger partial charge in [-0.15, -0.1) is 0 Å². The van der Waals surface area contributed by atoms with Crippen LogP contribution in [0.3, 0.4) is 0 Å². The summed E-state index contributed by atoms with van der Waals surface area (Å²) in [6.07, 6.45) is 2.81. The number of benzene rings is 1. The van der Waals surface area contributed by atoms with Gasteiger partial charge in [-0.3, -0.25) is 0 Å². The van der Waals surface area contributed by atoms with Gasteiger partial charge in [0.1, 0.15) is 16.9 Å². The summed E-state index contributed by atoms with van der Waals surface area (Å²) in [5.74, 6) is -0.928. The van der Waals surface area contributed by atoms with Crippen molar-refractivity contribution in [2.24, 2.45) is 0 Å². The molecule has 0 amide bonds. The quantitative estimate of drug-likeness (QED) is 0.883. The number of furan rings is 1. The van der Waals surface area contributed by atoms with Gasteiger partial charge in [-0.1, -0.05) is 22.0 Å². The van der Waals surface area contributed by atoms with Gasteiger partial charge in [0.05, 0.1) is 6.26 Å². The SMILES string of the molecule is O=C(O)c1ccoc1C1(O)CCc2cc(Br)ccc2C1. The number of carboxylic acid groups (broad SMARTS) is 1. The predicted octanol–water partition coefficient (Wildman–Crippen LogP) is 3.12. The predicted molar refractivity (Wildman–Crippen MR) is 75.7 cm³/mol. The first kappa shape index (κ1) is 13.4. The van der Waals surface area contributed by atoms with E-state index in [-0.39, 0.29) is 11.3 Å². The molecule has 104 valence electrons. The lowest BCUT2D eigenvalue weighted by Gasteiger charge is -2.32. The first-order valence-electron chi connectivity index (χ1n) is 6.30. The molecule has 2 aromatic rings. The van der Waals surface area contributed by atoms with E-state index in [1.165, 1.54) is 17.9 Å². The van der Waals surface area contributed by atoms with Gasteiger partial charge in [0.15, 0.2) is 0 Å². The van der Waals surface area contributed by atoms with Gasteiger partial charge in [0.2, 0.25) is 0 Å². The van der Waals surface area contributed by atoms with Crippen LogP contribution in [0.1, 0.15) is 33.7 Å². The van der Waals surface area contributed by atoms with Crippen LogP contribution in [-0.4, -0.2) is 16.2 Å². The zero-order valence-corrected chi connectivity index (χ0v) is 12.2. The number of hydrogen-bond donors (Lipinski definition) is 2. The summed E-state index contributed by atoms with van der Waals surface area (Å²) in [7, 11) is 0. The number of rotatable bonds is 2. The summed E-state index contributed by atoms with van der Waals surface area (Å²) < 4.78 is 6.27. The summed E-state index contributed by atoms with van der Waals surface area (Å²) in [6, 6.07) is 7.29. The maximum Gasteiger partial charge on any atom is 0.339 e. The topological polar surface area (TPSA) is 70.7 Å². The van der Waals surface area contributed by atoms with E-state index in [1.54, 1.807) is 0 Å². The summed E-state index contributed by atoms with van der Waals surface area (Å²) in [5, 5.41) is 20.0. The fourth-order valence-electron chi connectivity index (χ4n) is 2.78. The summed E-state index contributed by atoms with van der Waals surface area (Å²) in [5.41, 5.74) is 0.980. The van der Waals surface area contributed by atoms with Gasteiger partial charge in [0, 0.05) is 10.9 Å². The van der Waals surface area contributed by atoms with Crippen molar-refractivity contribution in [3.63, 3.8) is 0 Å². The molecular weight excluding hydrogens is 324 g/mol. The Kier molecular flexibility index (Phi) is 3.18. The minimum Gasteiger partial charge on any atom is -0.478 e. The van der Waals surface area contributed by atoms with Crippen LogP contribution in [0, 0.1) is 0 Å². The monoisotopic (exact) mass is 336 g/mol. The van der Waals surface area contributed by atoms with Gasteiger partial charge in [0.25, 0.3) is 0 Å².